The maximum absolute atomic E-state index is 10.5. The average molecular weight is 236 g/mol. The predicted molar refractivity (Wildman–Crippen MR) is 67.5 cm³/mol. The van der Waals surface area contributed by atoms with Gasteiger partial charge in [-0.25, -0.2) is 0 Å². The first-order valence-corrected chi connectivity index (χ1v) is 6.90. The van der Waals surface area contributed by atoms with Gasteiger partial charge in [0.1, 0.15) is 0 Å². The predicted octanol–water partition coefficient (Wildman–Crippen LogP) is 2.50. The van der Waals surface area contributed by atoms with Crippen LogP contribution in [0, 0.1) is 22.7 Å². The minimum Gasteiger partial charge on any atom is -0.392 e. The highest BCUT2D eigenvalue weighted by atomic mass is 16.3. The lowest BCUT2D eigenvalue weighted by atomic mass is 9.51. The summed E-state index contributed by atoms with van der Waals surface area (Å²) >= 11 is 0. The maximum atomic E-state index is 10.5. The fourth-order valence-corrected chi connectivity index (χ4v) is 4.85. The molecule has 4 atom stereocenters. The molecule has 0 radical (unpaired) electrons. The lowest BCUT2D eigenvalue weighted by Crippen LogP contribution is -2.49. The highest BCUT2D eigenvalue weighted by molar-refractivity contribution is 5.37. The summed E-state index contributed by atoms with van der Waals surface area (Å²) in [5, 5.41) is 20.0. The van der Waals surface area contributed by atoms with E-state index in [9.17, 15) is 10.2 Å². The van der Waals surface area contributed by atoms with E-state index < -0.39 is 0 Å². The molecule has 0 spiro atoms. The van der Waals surface area contributed by atoms with Gasteiger partial charge in [0.2, 0.25) is 0 Å². The summed E-state index contributed by atoms with van der Waals surface area (Å²) in [6.07, 6.45) is 4.29. The molecule has 2 N–H and O–H groups in total. The molecular formula is C15H24O2. The van der Waals surface area contributed by atoms with Crippen LogP contribution in [0.25, 0.3) is 0 Å². The van der Waals surface area contributed by atoms with E-state index in [1.807, 2.05) is 0 Å². The van der Waals surface area contributed by atoms with E-state index in [4.69, 9.17) is 0 Å². The Morgan fingerprint density at radius 1 is 1.24 bits per heavy atom. The van der Waals surface area contributed by atoms with Gasteiger partial charge in [0.25, 0.3) is 0 Å². The fourth-order valence-electron chi connectivity index (χ4n) is 4.85. The standard InChI is InChI=1S/C15H24O2/c1-14(2)6-9-12(7-14)15(3)5-4-11(15)10(8-16)13(9)17/h9,12-13,16-17H,4-8H2,1-3H3/t9-,12+,13+,15+/m1/s1. The first-order chi connectivity index (χ1) is 7.89. The number of allylic oxidation sites excluding steroid dienone is 1. The quantitative estimate of drug-likeness (QED) is 0.687. The van der Waals surface area contributed by atoms with Crippen LogP contribution in [0.4, 0.5) is 0 Å². The molecule has 2 fully saturated rings. The van der Waals surface area contributed by atoms with E-state index in [1.54, 1.807) is 0 Å². The smallest absolute Gasteiger partial charge is 0.0806 e. The molecule has 0 amide bonds. The van der Waals surface area contributed by atoms with Crippen LogP contribution in [0.5, 0.6) is 0 Å². The van der Waals surface area contributed by atoms with E-state index in [1.165, 1.54) is 18.4 Å². The van der Waals surface area contributed by atoms with Gasteiger partial charge >= 0.3 is 0 Å². The molecule has 0 heterocycles. The van der Waals surface area contributed by atoms with Crippen LogP contribution in [0.2, 0.25) is 0 Å². The highest BCUT2D eigenvalue weighted by Gasteiger charge is 2.58. The second kappa shape index (κ2) is 3.36. The number of aliphatic hydroxyl groups is 2. The molecule has 0 aliphatic heterocycles. The third-order valence-electron chi connectivity index (χ3n) is 5.80. The Kier molecular flexibility index (Phi) is 2.32. The van der Waals surface area contributed by atoms with Gasteiger partial charge in [-0.3, -0.25) is 0 Å². The minimum atomic E-state index is -0.379. The van der Waals surface area contributed by atoms with Gasteiger partial charge in [0.15, 0.2) is 0 Å². The van der Waals surface area contributed by atoms with Crippen molar-refractivity contribution in [3.8, 4) is 0 Å². The van der Waals surface area contributed by atoms with E-state index in [2.05, 4.69) is 20.8 Å². The Labute approximate surface area is 104 Å². The van der Waals surface area contributed by atoms with Crippen molar-refractivity contribution in [3.63, 3.8) is 0 Å². The Morgan fingerprint density at radius 2 is 1.94 bits per heavy atom. The lowest BCUT2D eigenvalue weighted by molar-refractivity contribution is 0.0106. The van der Waals surface area contributed by atoms with Crippen molar-refractivity contribution in [2.75, 3.05) is 6.61 Å². The summed E-state index contributed by atoms with van der Waals surface area (Å²) in [5.74, 6) is 1.01. The number of aliphatic hydroxyl groups excluding tert-OH is 2. The normalized spacial score (nSPS) is 47.5. The third-order valence-corrected chi connectivity index (χ3v) is 5.80. The zero-order valence-electron chi connectivity index (χ0n) is 11.2. The second-order valence-electron chi connectivity index (χ2n) is 7.37. The molecule has 0 unspecified atom stereocenters. The van der Waals surface area contributed by atoms with Gasteiger partial charge in [0, 0.05) is 0 Å². The molecule has 17 heavy (non-hydrogen) atoms. The van der Waals surface area contributed by atoms with Crippen molar-refractivity contribution < 1.29 is 10.2 Å². The molecule has 3 aliphatic rings. The SMILES string of the molecule is CC1(C)C[C@H]2[C@H](O)C(CO)=C3CC[C@]3(C)[C@H]2C1. The van der Waals surface area contributed by atoms with Crippen LogP contribution >= 0.6 is 0 Å². The maximum Gasteiger partial charge on any atom is 0.0806 e. The molecule has 0 aromatic heterocycles. The van der Waals surface area contributed by atoms with Gasteiger partial charge in [0.05, 0.1) is 12.7 Å². The first kappa shape index (κ1) is 11.7. The summed E-state index contributed by atoms with van der Waals surface area (Å²) in [6, 6.07) is 0. The highest BCUT2D eigenvalue weighted by Crippen LogP contribution is 2.66. The van der Waals surface area contributed by atoms with Crippen molar-refractivity contribution in [3.05, 3.63) is 11.1 Å². The van der Waals surface area contributed by atoms with Crippen molar-refractivity contribution in [2.45, 2.75) is 52.6 Å². The Balaban J connectivity index is 2.03. The molecular weight excluding hydrogens is 212 g/mol. The van der Waals surface area contributed by atoms with Crippen LogP contribution in [0.1, 0.15) is 46.5 Å². The van der Waals surface area contributed by atoms with E-state index in [0.717, 1.165) is 18.4 Å². The number of hydrogen-bond donors (Lipinski definition) is 2. The lowest BCUT2D eigenvalue weighted by Gasteiger charge is -2.55. The van der Waals surface area contributed by atoms with E-state index in [0.29, 0.717) is 17.3 Å². The van der Waals surface area contributed by atoms with Crippen LogP contribution in [-0.2, 0) is 0 Å². The van der Waals surface area contributed by atoms with Crippen LogP contribution in [0.15, 0.2) is 11.1 Å². The number of rotatable bonds is 1. The van der Waals surface area contributed by atoms with Crippen molar-refractivity contribution >= 4 is 0 Å². The second-order valence-corrected chi connectivity index (χ2v) is 7.37. The molecule has 3 aliphatic carbocycles. The zero-order chi connectivity index (χ0) is 12.4. The van der Waals surface area contributed by atoms with Crippen molar-refractivity contribution in [1.82, 2.24) is 0 Å². The largest absolute Gasteiger partial charge is 0.392 e. The average Bonchev–Trinajstić information content (AvgIpc) is 2.57. The molecule has 0 aromatic rings. The Hall–Kier alpha value is -0.340. The van der Waals surface area contributed by atoms with Crippen molar-refractivity contribution in [2.24, 2.45) is 22.7 Å². The van der Waals surface area contributed by atoms with Crippen LogP contribution < -0.4 is 0 Å². The fraction of sp³-hybridized carbons (Fsp3) is 0.867. The summed E-state index contributed by atoms with van der Waals surface area (Å²) in [7, 11) is 0. The topological polar surface area (TPSA) is 40.5 Å². The van der Waals surface area contributed by atoms with Gasteiger partial charge < -0.3 is 10.2 Å². The molecule has 2 heteroatoms. The molecule has 0 aromatic carbocycles. The summed E-state index contributed by atoms with van der Waals surface area (Å²) in [4.78, 5) is 0. The Bertz CT molecular complexity index is 378. The molecule has 2 nitrogen and oxygen atoms in total. The van der Waals surface area contributed by atoms with Gasteiger partial charge in [-0.1, -0.05) is 26.3 Å². The molecule has 0 saturated heterocycles. The molecule has 0 bridgehead atoms. The summed E-state index contributed by atoms with van der Waals surface area (Å²) in [6.45, 7) is 7.04. The summed E-state index contributed by atoms with van der Waals surface area (Å²) in [5.41, 5.74) is 2.98. The minimum absolute atomic E-state index is 0.0513. The van der Waals surface area contributed by atoms with Crippen LogP contribution in [0.3, 0.4) is 0 Å². The molecule has 2 saturated carbocycles. The monoisotopic (exact) mass is 236 g/mol. The van der Waals surface area contributed by atoms with Gasteiger partial charge in [-0.2, -0.15) is 0 Å². The van der Waals surface area contributed by atoms with Gasteiger partial charge in [-0.15, -0.1) is 0 Å². The zero-order valence-corrected chi connectivity index (χ0v) is 11.2. The third kappa shape index (κ3) is 1.40. The summed E-state index contributed by atoms with van der Waals surface area (Å²) < 4.78 is 0. The Morgan fingerprint density at radius 3 is 2.47 bits per heavy atom. The number of fused-ring (bicyclic) bond motifs is 3. The van der Waals surface area contributed by atoms with Crippen molar-refractivity contribution in [1.29, 1.82) is 0 Å². The van der Waals surface area contributed by atoms with Crippen LogP contribution in [-0.4, -0.2) is 22.9 Å². The first-order valence-electron chi connectivity index (χ1n) is 6.90. The van der Waals surface area contributed by atoms with E-state index in [-0.39, 0.29) is 18.1 Å². The van der Waals surface area contributed by atoms with E-state index >= 15 is 0 Å². The van der Waals surface area contributed by atoms with Gasteiger partial charge in [-0.05, 0) is 53.9 Å². The number of hydrogen-bond acceptors (Lipinski definition) is 2. The molecule has 96 valence electrons. The molecule has 3 rings (SSSR count).